The summed E-state index contributed by atoms with van der Waals surface area (Å²) in [6, 6.07) is 0. The summed E-state index contributed by atoms with van der Waals surface area (Å²) in [4.78, 5) is 15.6. The Labute approximate surface area is 66.7 Å². The molecule has 10 heavy (non-hydrogen) atoms. The van der Waals surface area contributed by atoms with Crippen molar-refractivity contribution in [3.8, 4) is 0 Å². The number of nitrogens with zero attached hydrogens (tertiary/aromatic N) is 1. The third kappa shape index (κ3) is 4.64. The highest BCUT2D eigenvalue weighted by atomic mass is 32.1. The van der Waals surface area contributed by atoms with Gasteiger partial charge in [-0.25, -0.2) is 5.06 Å². The molecule has 0 unspecified atom stereocenters. The van der Waals surface area contributed by atoms with Crippen molar-refractivity contribution in [2.45, 2.75) is 26.4 Å². The van der Waals surface area contributed by atoms with E-state index >= 15 is 0 Å². The van der Waals surface area contributed by atoms with E-state index in [0.29, 0.717) is 0 Å². The van der Waals surface area contributed by atoms with Gasteiger partial charge in [-0.15, -0.1) is 0 Å². The van der Waals surface area contributed by atoms with Crippen molar-refractivity contribution in [2.24, 2.45) is 0 Å². The van der Waals surface area contributed by atoms with Gasteiger partial charge >= 0.3 is 5.24 Å². The van der Waals surface area contributed by atoms with Crippen LogP contribution in [-0.2, 0) is 4.84 Å². The fourth-order valence-corrected chi connectivity index (χ4v) is 0.491. The van der Waals surface area contributed by atoms with E-state index in [4.69, 9.17) is 4.84 Å². The van der Waals surface area contributed by atoms with Crippen molar-refractivity contribution >= 4 is 17.9 Å². The van der Waals surface area contributed by atoms with Gasteiger partial charge in [-0.2, -0.15) is 0 Å². The fraction of sp³-hybridized carbons (Fsp3) is 0.833. The van der Waals surface area contributed by atoms with Gasteiger partial charge < -0.3 is 0 Å². The number of hydroxylamine groups is 2. The highest BCUT2D eigenvalue weighted by molar-refractivity contribution is 7.96. The summed E-state index contributed by atoms with van der Waals surface area (Å²) >= 11 is 3.57. The second-order valence-corrected chi connectivity index (χ2v) is 3.37. The molecule has 0 aromatic rings. The average Bonchev–Trinajstić information content (AvgIpc) is 1.60. The topological polar surface area (TPSA) is 29.5 Å². The monoisotopic (exact) mass is 163 g/mol. The summed E-state index contributed by atoms with van der Waals surface area (Å²) < 4.78 is 0. The van der Waals surface area contributed by atoms with Crippen LogP contribution >= 0.6 is 12.6 Å². The van der Waals surface area contributed by atoms with E-state index < -0.39 is 5.24 Å². The Morgan fingerprint density at radius 1 is 1.50 bits per heavy atom. The molecule has 0 aliphatic carbocycles. The molecule has 1 amide bonds. The Kier molecular flexibility index (Phi) is 3.18. The first-order chi connectivity index (χ1) is 4.33. The fourth-order valence-electron chi connectivity index (χ4n) is 0.450. The smallest absolute Gasteiger partial charge is 0.265 e. The zero-order valence-corrected chi connectivity index (χ0v) is 7.61. The second-order valence-electron chi connectivity index (χ2n) is 2.98. The molecule has 0 bridgehead atoms. The molecule has 0 aliphatic heterocycles. The molecular formula is C6H13NO2S. The normalized spacial score (nSPS) is 11.3. The quantitative estimate of drug-likeness (QED) is 0.471. The first-order valence-corrected chi connectivity index (χ1v) is 3.43. The van der Waals surface area contributed by atoms with Crippen LogP contribution in [0.15, 0.2) is 0 Å². The van der Waals surface area contributed by atoms with Gasteiger partial charge in [-0.05, 0) is 20.8 Å². The van der Waals surface area contributed by atoms with E-state index in [1.165, 1.54) is 7.05 Å². The number of thiol groups is 1. The van der Waals surface area contributed by atoms with Crippen LogP contribution in [-0.4, -0.2) is 23.0 Å². The Hall–Kier alpha value is -0.220. The lowest BCUT2D eigenvalue weighted by molar-refractivity contribution is -0.173. The molecule has 0 aliphatic rings. The Bertz CT molecular complexity index is 130. The highest BCUT2D eigenvalue weighted by Crippen LogP contribution is 2.09. The van der Waals surface area contributed by atoms with Crippen LogP contribution in [0.5, 0.6) is 0 Å². The SMILES string of the molecule is CN(OC(C)(C)C)C(=O)S. The molecule has 0 radical (unpaired) electrons. The van der Waals surface area contributed by atoms with E-state index in [0.717, 1.165) is 5.06 Å². The second kappa shape index (κ2) is 3.25. The largest absolute Gasteiger partial charge is 0.301 e. The first kappa shape index (κ1) is 9.78. The Morgan fingerprint density at radius 3 is 2.00 bits per heavy atom. The summed E-state index contributed by atoms with van der Waals surface area (Å²) in [5.41, 5.74) is -0.340. The third-order valence-electron chi connectivity index (χ3n) is 0.680. The van der Waals surface area contributed by atoms with E-state index in [1.54, 1.807) is 0 Å². The van der Waals surface area contributed by atoms with Crippen LogP contribution in [0.3, 0.4) is 0 Å². The predicted octanol–water partition coefficient (Wildman–Crippen LogP) is 1.70. The molecule has 0 spiro atoms. The van der Waals surface area contributed by atoms with E-state index in [2.05, 4.69) is 12.6 Å². The summed E-state index contributed by atoms with van der Waals surface area (Å²) in [7, 11) is 1.53. The van der Waals surface area contributed by atoms with Crippen LogP contribution < -0.4 is 0 Å². The minimum atomic E-state index is -0.394. The molecule has 0 aromatic heterocycles. The van der Waals surface area contributed by atoms with Crippen LogP contribution in [0.25, 0.3) is 0 Å². The van der Waals surface area contributed by atoms with Gasteiger partial charge in [-0.1, -0.05) is 12.6 Å². The van der Waals surface area contributed by atoms with Gasteiger partial charge in [0, 0.05) is 7.05 Å². The van der Waals surface area contributed by atoms with Crippen molar-refractivity contribution in [3.05, 3.63) is 0 Å². The van der Waals surface area contributed by atoms with Gasteiger partial charge in [0.25, 0.3) is 0 Å². The molecule has 3 nitrogen and oxygen atoms in total. The summed E-state index contributed by atoms with van der Waals surface area (Å²) in [6.45, 7) is 5.58. The van der Waals surface area contributed by atoms with Crippen LogP contribution in [0.2, 0.25) is 0 Å². The molecule has 4 heteroatoms. The minimum absolute atomic E-state index is 0.340. The minimum Gasteiger partial charge on any atom is -0.265 e. The lowest BCUT2D eigenvalue weighted by atomic mass is 10.2. The number of carbonyl (C=O) groups excluding carboxylic acids is 1. The van der Waals surface area contributed by atoms with Crippen molar-refractivity contribution in [3.63, 3.8) is 0 Å². The maximum atomic E-state index is 10.5. The number of carbonyl (C=O) groups is 1. The van der Waals surface area contributed by atoms with Crippen molar-refractivity contribution in [1.29, 1.82) is 0 Å². The molecule has 0 rings (SSSR count). The van der Waals surface area contributed by atoms with Crippen molar-refractivity contribution in [2.75, 3.05) is 7.05 Å². The molecule has 0 fully saturated rings. The summed E-state index contributed by atoms with van der Waals surface area (Å²) in [5, 5.41) is 0.707. The summed E-state index contributed by atoms with van der Waals surface area (Å²) in [5.74, 6) is 0. The number of hydrogen-bond acceptors (Lipinski definition) is 2. The van der Waals surface area contributed by atoms with Crippen molar-refractivity contribution in [1.82, 2.24) is 5.06 Å². The van der Waals surface area contributed by atoms with Gasteiger partial charge in [-0.3, -0.25) is 9.63 Å². The Balaban J connectivity index is 3.80. The number of hydrogen-bond donors (Lipinski definition) is 1. The molecule has 0 atom stereocenters. The number of amides is 1. The molecule has 0 aromatic carbocycles. The molecular weight excluding hydrogens is 150 g/mol. The number of rotatable bonds is 1. The zero-order valence-electron chi connectivity index (χ0n) is 6.71. The van der Waals surface area contributed by atoms with Gasteiger partial charge in [0.2, 0.25) is 0 Å². The van der Waals surface area contributed by atoms with E-state index in [9.17, 15) is 4.79 Å². The maximum absolute atomic E-state index is 10.5. The van der Waals surface area contributed by atoms with E-state index in [1.807, 2.05) is 20.8 Å². The van der Waals surface area contributed by atoms with Crippen LogP contribution in [0, 0.1) is 0 Å². The molecule has 60 valence electrons. The standard InChI is InChI=1S/C6H13NO2S/c1-6(2,3)9-7(4)5(8)10/h1-4H3,(H,8,10). The lowest BCUT2D eigenvalue weighted by Gasteiger charge is -2.24. The molecule has 0 heterocycles. The van der Waals surface area contributed by atoms with Crippen LogP contribution in [0.4, 0.5) is 4.79 Å². The van der Waals surface area contributed by atoms with Crippen LogP contribution in [0.1, 0.15) is 20.8 Å². The summed E-state index contributed by atoms with van der Waals surface area (Å²) in [6.07, 6.45) is 0. The van der Waals surface area contributed by atoms with E-state index in [-0.39, 0.29) is 5.60 Å². The molecule has 0 saturated heterocycles. The lowest BCUT2D eigenvalue weighted by Crippen LogP contribution is -2.32. The average molecular weight is 163 g/mol. The molecule has 0 saturated carbocycles. The molecule has 0 N–H and O–H groups in total. The highest BCUT2D eigenvalue weighted by Gasteiger charge is 2.15. The third-order valence-corrected chi connectivity index (χ3v) is 0.962. The Morgan fingerprint density at radius 2 is 1.90 bits per heavy atom. The predicted molar refractivity (Wildman–Crippen MR) is 43.0 cm³/mol. The van der Waals surface area contributed by atoms with Gasteiger partial charge in [0.05, 0.1) is 5.60 Å². The maximum Gasteiger partial charge on any atom is 0.301 e. The van der Waals surface area contributed by atoms with Gasteiger partial charge in [0.15, 0.2) is 0 Å². The van der Waals surface area contributed by atoms with Crippen molar-refractivity contribution < 1.29 is 9.63 Å². The first-order valence-electron chi connectivity index (χ1n) is 2.99. The zero-order chi connectivity index (χ0) is 8.36. The van der Waals surface area contributed by atoms with Gasteiger partial charge in [0.1, 0.15) is 0 Å².